The second-order valence-electron chi connectivity index (χ2n) is 3.50. The molecule has 1 aromatic rings. The molecule has 0 spiro atoms. The minimum atomic E-state index is 0.162. The normalized spacial score (nSPS) is 10.9. The first-order chi connectivity index (χ1) is 7.59. The zero-order valence-corrected chi connectivity index (χ0v) is 10.4. The van der Waals surface area contributed by atoms with Crippen molar-refractivity contribution in [3.8, 4) is 0 Å². The summed E-state index contributed by atoms with van der Waals surface area (Å²) in [4.78, 5) is 14.9. The molecular weight excluding hydrogens is 220 g/mol. The fourth-order valence-corrected chi connectivity index (χ4v) is 1.70. The van der Waals surface area contributed by atoms with Gasteiger partial charge < -0.3 is 5.73 Å². The van der Waals surface area contributed by atoms with Crippen LogP contribution in [0.4, 0.5) is 5.69 Å². The third kappa shape index (κ3) is 4.49. The number of hydrogen-bond acceptors (Lipinski definition) is 4. The summed E-state index contributed by atoms with van der Waals surface area (Å²) in [6, 6.07) is 1.95. The quantitative estimate of drug-likeness (QED) is 0.816. The first kappa shape index (κ1) is 12.8. The van der Waals surface area contributed by atoms with E-state index in [-0.39, 0.29) is 5.12 Å². The number of nitrogen functional groups attached to an aromatic ring is 1. The Hall–Kier alpha value is -1.29. The molecule has 0 fully saturated rings. The van der Waals surface area contributed by atoms with Crippen molar-refractivity contribution in [2.75, 3.05) is 11.5 Å². The average molecular weight is 236 g/mol. The molecule has 86 valence electrons. The Morgan fingerprint density at radius 3 is 3.00 bits per heavy atom. The highest BCUT2D eigenvalue weighted by atomic mass is 32.2. The van der Waals surface area contributed by atoms with Crippen molar-refractivity contribution in [3.05, 3.63) is 29.6 Å². The highest BCUT2D eigenvalue weighted by Crippen LogP contribution is 2.11. The number of pyridine rings is 1. The van der Waals surface area contributed by atoms with Crippen molar-refractivity contribution in [3.63, 3.8) is 0 Å². The van der Waals surface area contributed by atoms with Crippen molar-refractivity contribution >= 4 is 28.6 Å². The number of carbonyl (C=O) groups is 1. The summed E-state index contributed by atoms with van der Waals surface area (Å²) in [6.07, 6.45) is 6.51. The molecule has 1 rings (SSSR count). The first-order valence-electron chi connectivity index (χ1n) is 5.11. The third-order valence-corrected chi connectivity index (χ3v) is 2.90. The number of carbonyl (C=O) groups excluding carboxylic acids is 1. The fraction of sp³-hybridized carbons (Fsp3) is 0.333. The summed E-state index contributed by atoms with van der Waals surface area (Å²) < 4.78 is 0. The average Bonchev–Trinajstić information content (AvgIpc) is 2.22. The van der Waals surface area contributed by atoms with Gasteiger partial charge in [0.2, 0.25) is 0 Å². The molecule has 1 heterocycles. The Morgan fingerprint density at radius 1 is 1.62 bits per heavy atom. The second-order valence-corrected chi connectivity index (χ2v) is 4.77. The van der Waals surface area contributed by atoms with E-state index < -0.39 is 0 Å². The lowest BCUT2D eigenvalue weighted by molar-refractivity contribution is -0.109. The monoisotopic (exact) mass is 236 g/mol. The molecule has 4 heteroatoms. The zero-order valence-electron chi connectivity index (χ0n) is 9.56. The van der Waals surface area contributed by atoms with Crippen LogP contribution in [0.3, 0.4) is 0 Å². The van der Waals surface area contributed by atoms with Gasteiger partial charge in [-0.1, -0.05) is 17.8 Å². The molecule has 0 unspecified atom stereocenters. The molecule has 2 N–H and O–H groups in total. The summed E-state index contributed by atoms with van der Waals surface area (Å²) in [7, 11) is 0. The van der Waals surface area contributed by atoms with Crippen LogP contribution in [0.25, 0.3) is 6.08 Å². The Bertz CT molecular complexity index is 402. The Morgan fingerprint density at radius 2 is 2.38 bits per heavy atom. The molecular formula is C12H16N2OS. The molecule has 0 aliphatic heterocycles. The predicted molar refractivity (Wildman–Crippen MR) is 70.2 cm³/mol. The van der Waals surface area contributed by atoms with Gasteiger partial charge in [0.05, 0.1) is 17.6 Å². The molecule has 0 atom stereocenters. The van der Waals surface area contributed by atoms with Gasteiger partial charge in [-0.3, -0.25) is 9.78 Å². The summed E-state index contributed by atoms with van der Waals surface area (Å²) in [6.45, 7) is 3.54. The van der Waals surface area contributed by atoms with E-state index in [1.54, 1.807) is 13.1 Å². The fourth-order valence-electron chi connectivity index (χ4n) is 1.15. The number of allylic oxidation sites excluding steroid dienone is 1. The highest BCUT2D eigenvalue weighted by molar-refractivity contribution is 8.13. The zero-order chi connectivity index (χ0) is 12.0. The van der Waals surface area contributed by atoms with Crippen molar-refractivity contribution in [1.29, 1.82) is 0 Å². The Balaban J connectivity index is 2.44. The van der Waals surface area contributed by atoms with Crippen LogP contribution in [-0.4, -0.2) is 15.9 Å². The number of aromatic nitrogens is 1. The van der Waals surface area contributed by atoms with Gasteiger partial charge in [0.1, 0.15) is 0 Å². The van der Waals surface area contributed by atoms with Gasteiger partial charge in [-0.15, -0.1) is 0 Å². The maximum absolute atomic E-state index is 10.7. The first-order valence-corrected chi connectivity index (χ1v) is 6.10. The van der Waals surface area contributed by atoms with Gasteiger partial charge in [-0.25, -0.2) is 0 Å². The van der Waals surface area contributed by atoms with Crippen molar-refractivity contribution < 1.29 is 4.79 Å². The van der Waals surface area contributed by atoms with E-state index in [1.807, 2.05) is 25.1 Å². The molecule has 0 radical (unpaired) electrons. The number of anilines is 1. The van der Waals surface area contributed by atoms with Crippen LogP contribution >= 0.6 is 11.8 Å². The van der Waals surface area contributed by atoms with Crippen LogP contribution in [0.1, 0.15) is 24.6 Å². The largest absolute Gasteiger partial charge is 0.397 e. The van der Waals surface area contributed by atoms with E-state index in [4.69, 9.17) is 5.73 Å². The van der Waals surface area contributed by atoms with Crippen LogP contribution in [0, 0.1) is 6.92 Å². The number of nitrogens with zero attached hydrogens (tertiary/aromatic N) is 1. The summed E-state index contributed by atoms with van der Waals surface area (Å²) >= 11 is 1.34. The van der Waals surface area contributed by atoms with Crippen molar-refractivity contribution in [2.24, 2.45) is 0 Å². The van der Waals surface area contributed by atoms with E-state index in [0.717, 1.165) is 23.4 Å². The van der Waals surface area contributed by atoms with E-state index in [1.165, 1.54) is 11.8 Å². The van der Waals surface area contributed by atoms with Crippen LogP contribution in [0.15, 0.2) is 18.3 Å². The number of aryl methyl sites for hydroxylation is 1. The van der Waals surface area contributed by atoms with Crippen LogP contribution in [0.5, 0.6) is 0 Å². The van der Waals surface area contributed by atoms with Gasteiger partial charge in [0.25, 0.3) is 0 Å². The number of nitrogens with two attached hydrogens (primary N) is 1. The maximum atomic E-state index is 10.7. The standard InChI is InChI=1S/C12H16N2OS/c1-9-7-11(14-8-12(9)13)5-3-4-6-16-10(2)15/h3,5,7-8H,4,6,13H2,1-2H3. The van der Waals surface area contributed by atoms with Gasteiger partial charge >= 0.3 is 0 Å². The predicted octanol–water partition coefficient (Wildman–Crippen LogP) is 2.66. The number of thioether (sulfide) groups is 1. The number of rotatable bonds is 4. The Labute approximate surface area is 100 Å². The molecule has 0 saturated carbocycles. The van der Waals surface area contributed by atoms with Gasteiger partial charge in [0, 0.05) is 12.7 Å². The van der Waals surface area contributed by atoms with Crippen molar-refractivity contribution in [1.82, 2.24) is 4.98 Å². The molecule has 0 aromatic carbocycles. The van der Waals surface area contributed by atoms with Crippen LogP contribution < -0.4 is 5.73 Å². The lowest BCUT2D eigenvalue weighted by Gasteiger charge is -1.99. The molecule has 0 saturated heterocycles. The molecule has 3 nitrogen and oxygen atoms in total. The molecule has 0 bridgehead atoms. The molecule has 16 heavy (non-hydrogen) atoms. The van der Waals surface area contributed by atoms with E-state index in [2.05, 4.69) is 4.98 Å². The molecule has 0 aliphatic rings. The van der Waals surface area contributed by atoms with E-state index in [9.17, 15) is 4.79 Å². The Kier molecular flexibility index (Phi) is 5.05. The minimum absolute atomic E-state index is 0.162. The summed E-state index contributed by atoms with van der Waals surface area (Å²) in [5, 5.41) is 0.162. The van der Waals surface area contributed by atoms with Gasteiger partial charge in [-0.05, 0) is 31.1 Å². The van der Waals surface area contributed by atoms with Gasteiger partial charge in [0.15, 0.2) is 5.12 Å². The van der Waals surface area contributed by atoms with E-state index >= 15 is 0 Å². The topological polar surface area (TPSA) is 56.0 Å². The minimum Gasteiger partial charge on any atom is -0.397 e. The SMILES string of the molecule is CC(=O)SCCC=Cc1cc(C)c(N)cn1. The van der Waals surface area contributed by atoms with Crippen molar-refractivity contribution in [2.45, 2.75) is 20.3 Å². The molecule has 0 amide bonds. The lowest BCUT2D eigenvalue weighted by Crippen LogP contribution is -1.92. The number of hydrogen-bond donors (Lipinski definition) is 1. The summed E-state index contributed by atoms with van der Waals surface area (Å²) in [5.41, 5.74) is 8.32. The lowest BCUT2D eigenvalue weighted by atomic mass is 10.2. The summed E-state index contributed by atoms with van der Waals surface area (Å²) in [5.74, 6) is 0.819. The second kappa shape index (κ2) is 6.33. The smallest absolute Gasteiger partial charge is 0.185 e. The molecule has 1 aromatic heterocycles. The van der Waals surface area contributed by atoms with Crippen LogP contribution in [-0.2, 0) is 4.79 Å². The van der Waals surface area contributed by atoms with Crippen LogP contribution in [0.2, 0.25) is 0 Å². The van der Waals surface area contributed by atoms with Gasteiger partial charge in [-0.2, -0.15) is 0 Å². The highest BCUT2D eigenvalue weighted by Gasteiger charge is 1.95. The third-order valence-electron chi connectivity index (χ3n) is 2.05. The van der Waals surface area contributed by atoms with E-state index in [0.29, 0.717) is 5.69 Å². The molecule has 0 aliphatic carbocycles. The maximum Gasteiger partial charge on any atom is 0.185 e.